The van der Waals surface area contributed by atoms with Crippen molar-refractivity contribution in [2.45, 2.75) is 37.8 Å². The van der Waals surface area contributed by atoms with Crippen LogP contribution >= 0.6 is 0 Å². The van der Waals surface area contributed by atoms with Gasteiger partial charge in [0.05, 0.1) is 12.0 Å². The van der Waals surface area contributed by atoms with Crippen molar-refractivity contribution in [3.8, 4) is 17.2 Å². The molecule has 0 spiro atoms. The molecule has 2 aromatic carbocycles. The van der Waals surface area contributed by atoms with Crippen LogP contribution in [0, 0.1) is 5.92 Å². The summed E-state index contributed by atoms with van der Waals surface area (Å²) in [5.41, 5.74) is 0.679. The second kappa shape index (κ2) is 9.92. The van der Waals surface area contributed by atoms with Crippen LogP contribution in [0.2, 0.25) is 0 Å². The number of nitrogens with zero attached hydrogens (tertiary/aromatic N) is 2. The van der Waals surface area contributed by atoms with Gasteiger partial charge in [-0.3, -0.25) is 4.79 Å². The Bertz CT molecular complexity index is 1140. The minimum Gasteiger partial charge on any atom is -0.497 e. The van der Waals surface area contributed by atoms with Gasteiger partial charge in [0.2, 0.25) is 15.9 Å². The molecular weight excluding hydrogens is 434 g/mol. The molecule has 3 rings (SSSR count). The van der Waals surface area contributed by atoms with Gasteiger partial charge in [-0.15, -0.1) is 10.2 Å². The third-order valence-corrected chi connectivity index (χ3v) is 6.13. The summed E-state index contributed by atoms with van der Waals surface area (Å²) in [6.07, 6.45) is -0.871. The molecule has 0 saturated heterocycles. The Labute approximate surface area is 186 Å². The topological polar surface area (TPSA) is 121 Å². The molecule has 1 aromatic heterocycles. The van der Waals surface area contributed by atoms with Gasteiger partial charge in [-0.05, 0) is 49.2 Å². The van der Waals surface area contributed by atoms with E-state index in [-0.39, 0.29) is 22.6 Å². The molecule has 0 saturated carbocycles. The van der Waals surface area contributed by atoms with E-state index in [1.54, 1.807) is 70.3 Å². The van der Waals surface area contributed by atoms with Crippen molar-refractivity contribution in [2.24, 2.45) is 5.92 Å². The highest BCUT2D eigenvalue weighted by Gasteiger charge is 2.31. The second-order valence-electron chi connectivity index (χ2n) is 7.41. The van der Waals surface area contributed by atoms with Crippen molar-refractivity contribution in [3.63, 3.8) is 0 Å². The SMILES string of the molecule is COc1ccc(-c2nnc(C(C)OC(=O)[C@@H](NS(=O)(=O)c3ccccc3)C(C)C)o2)cc1. The highest BCUT2D eigenvalue weighted by Crippen LogP contribution is 2.25. The average Bonchev–Trinajstić information content (AvgIpc) is 3.28. The van der Waals surface area contributed by atoms with E-state index in [0.717, 1.165) is 0 Å². The van der Waals surface area contributed by atoms with Crippen LogP contribution in [0.25, 0.3) is 11.5 Å². The summed E-state index contributed by atoms with van der Waals surface area (Å²) in [6, 6.07) is 13.8. The first kappa shape index (κ1) is 23.4. The number of esters is 1. The molecule has 0 aliphatic carbocycles. The van der Waals surface area contributed by atoms with E-state index in [1.165, 1.54) is 12.1 Å². The van der Waals surface area contributed by atoms with E-state index in [2.05, 4.69) is 14.9 Å². The zero-order valence-corrected chi connectivity index (χ0v) is 19.0. The third kappa shape index (κ3) is 5.51. The number of rotatable bonds is 9. The molecule has 0 bridgehead atoms. The Morgan fingerprint density at radius 2 is 1.66 bits per heavy atom. The van der Waals surface area contributed by atoms with Gasteiger partial charge in [-0.1, -0.05) is 32.0 Å². The van der Waals surface area contributed by atoms with Crippen LogP contribution in [-0.4, -0.2) is 37.7 Å². The predicted molar refractivity (Wildman–Crippen MR) is 116 cm³/mol. The number of aromatic nitrogens is 2. The molecule has 3 aromatic rings. The van der Waals surface area contributed by atoms with E-state index in [9.17, 15) is 13.2 Å². The summed E-state index contributed by atoms with van der Waals surface area (Å²) < 4.78 is 43.9. The van der Waals surface area contributed by atoms with E-state index in [4.69, 9.17) is 13.9 Å². The fraction of sp³-hybridized carbons (Fsp3) is 0.318. The molecule has 0 amide bonds. The lowest BCUT2D eigenvalue weighted by Crippen LogP contribution is -2.45. The van der Waals surface area contributed by atoms with Crippen molar-refractivity contribution in [1.29, 1.82) is 0 Å². The lowest BCUT2D eigenvalue weighted by Gasteiger charge is -2.22. The standard InChI is InChI=1S/C22H25N3O6S/c1-14(2)19(25-32(27,28)18-8-6-5-7-9-18)22(26)30-15(3)20-23-24-21(31-20)16-10-12-17(29-4)13-11-16/h5-15,19,25H,1-4H3/t15?,19-/m0/s1. The molecule has 0 fully saturated rings. The zero-order valence-electron chi connectivity index (χ0n) is 18.2. The Morgan fingerprint density at radius 1 is 1.00 bits per heavy atom. The Balaban J connectivity index is 1.71. The minimum atomic E-state index is -3.90. The molecule has 0 aliphatic rings. The molecule has 1 unspecified atom stereocenters. The van der Waals surface area contributed by atoms with Gasteiger partial charge in [-0.25, -0.2) is 8.42 Å². The quantitative estimate of drug-likeness (QED) is 0.484. The molecule has 0 aliphatic heterocycles. The first-order valence-electron chi connectivity index (χ1n) is 9.97. The molecule has 0 radical (unpaired) electrons. The van der Waals surface area contributed by atoms with Crippen LogP contribution in [0.3, 0.4) is 0 Å². The maximum Gasteiger partial charge on any atom is 0.325 e. The van der Waals surface area contributed by atoms with Crippen molar-refractivity contribution in [2.75, 3.05) is 7.11 Å². The number of carbonyl (C=O) groups is 1. The number of hydrogen-bond donors (Lipinski definition) is 1. The molecule has 9 nitrogen and oxygen atoms in total. The van der Waals surface area contributed by atoms with E-state index in [0.29, 0.717) is 11.3 Å². The summed E-state index contributed by atoms with van der Waals surface area (Å²) in [5.74, 6) is -0.0521. The summed E-state index contributed by atoms with van der Waals surface area (Å²) in [4.78, 5) is 12.8. The molecule has 170 valence electrons. The smallest absolute Gasteiger partial charge is 0.325 e. The minimum absolute atomic E-state index is 0.0625. The summed E-state index contributed by atoms with van der Waals surface area (Å²) in [6.45, 7) is 5.02. The largest absolute Gasteiger partial charge is 0.497 e. The molecule has 1 heterocycles. The summed E-state index contributed by atoms with van der Waals surface area (Å²) in [5, 5.41) is 7.94. The van der Waals surface area contributed by atoms with Gasteiger partial charge in [0.15, 0.2) is 6.10 Å². The van der Waals surface area contributed by atoms with Crippen LogP contribution in [0.4, 0.5) is 0 Å². The van der Waals surface area contributed by atoms with Crippen molar-refractivity contribution in [3.05, 3.63) is 60.5 Å². The first-order valence-corrected chi connectivity index (χ1v) is 11.4. The zero-order chi connectivity index (χ0) is 23.3. The molecule has 10 heteroatoms. The number of carbonyl (C=O) groups excluding carboxylic acids is 1. The van der Waals surface area contributed by atoms with Crippen LogP contribution in [-0.2, 0) is 19.6 Å². The van der Waals surface area contributed by atoms with Crippen LogP contribution < -0.4 is 9.46 Å². The van der Waals surface area contributed by atoms with Crippen LogP contribution in [0.5, 0.6) is 5.75 Å². The first-order chi connectivity index (χ1) is 15.2. The predicted octanol–water partition coefficient (Wildman–Crippen LogP) is 3.35. The fourth-order valence-corrected chi connectivity index (χ4v) is 4.19. The molecular formula is C22H25N3O6S. The molecule has 32 heavy (non-hydrogen) atoms. The van der Waals surface area contributed by atoms with E-state index >= 15 is 0 Å². The highest BCUT2D eigenvalue weighted by atomic mass is 32.2. The van der Waals surface area contributed by atoms with Gasteiger partial charge in [0.25, 0.3) is 5.89 Å². The van der Waals surface area contributed by atoms with Crippen molar-refractivity contribution < 1.29 is 27.1 Å². The van der Waals surface area contributed by atoms with Gasteiger partial charge >= 0.3 is 5.97 Å². The Hall–Kier alpha value is -3.24. The maximum atomic E-state index is 12.8. The van der Waals surface area contributed by atoms with Gasteiger partial charge in [0, 0.05) is 5.56 Å². The lowest BCUT2D eigenvalue weighted by atomic mass is 10.1. The van der Waals surface area contributed by atoms with Crippen molar-refractivity contribution in [1.82, 2.24) is 14.9 Å². The number of nitrogens with one attached hydrogen (secondary N) is 1. The number of hydrogen-bond acceptors (Lipinski definition) is 8. The van der Waals surface area contributed by atoms with Gasteiger partial charge in [0.1, 0.15) is 11.8 Å². The summed E-state index contributed by atoms with van der Waals surface area (Å²) in [7, 11) is -2.33. The number of ether oxygens (including phenoxy) is 2. The molecule has 1 N–H and O–H groups in total. The van der Waals surface area contributed by atoms with Gasteiger partial charge < -0.3 is 13.9 Å². The fourth-order valence-electron chi connectivity index (χ4n) is 2.84. The van der Waals surface area contributed by atoms with Gasteiger partial charge in [-0.2, -0.15) is 4.72 Å². The molecule has 2 atom stereocenters. The number of benzene rings is 2. The Kier molecular flexibility index (Phi) is 7.26. The van der Waals surface area contributed by atoms with Crippen molar-refractivity contribution >= 4 is 16.0 Å². The normalized spacial score (nSPS) is 13.5. The monoisotopic (exact) mass is 459 g/mol. The van der Waals surface area contributed by atoms with E-state index in [1.807, 2.05) is 0 Å². The van der Waals surface area contributed by atoms with E-state index < -0.39 is 28.1 Å². The average molecular weight is 460 g/mol. The Morgan fingerprint density at radius 3 is 2.25 bits per heavy atom. The summed E-state index contributed by atoms with van der Waals surface area (Å²) >= 11 is 0. The lowest BCUT2D eigenvalue weighted by molar-refractivity contribution is -0.152. The van der Waals surface area contributed by atoms with Crippen LogP contribution in [0.1, 0.15) is 32.8 Å². The van der Waals surface area contributed by atoms with Crippen LogP contribution in [0.15, 0.2) is 63.9 Å². The maximum absolute atomic E-state index is 12.8. The highest BCUT2D eigenvalue weighted by molar-refractivity contribution is 7.89. The number of methoxy groups -OCH3 is 1. The second-order valence-corrected chi connectivity index (χ2v) is 9.12. The third-order valence-electron chi connectivity index (χ3n) is 4.67. The number of sulfonamides is 1.